The van der Waals surface area contributed by atoms with Gasteiger partial charge in [-0.2, -0.15) is 0 Å². The predicted molar refractivity (Wildman–Crippen MR) is 104 cm³/mol. The summed E-state index contributed by atoms with van der Waals surface area (Å²) in [4.78, 5) is 25.9. The molecule has 27 heavy (non-hydrogen) atoms. The molecule has 2 amide bonds. The number of rotatable bonds is 5. The van der Waals surface area contributed by atoms with Crippen LogP contribution in [0.4, 0.5) is 5.69 Å². The zero-order valence-electron chi connectivity index (χ0n) is 15.6. The van der Waals surface area contributed by atoms with Crippen LogP contribution in [0.5, 0.6) is 11.5 Å². The second kappa shape index (κ2) is 7.95. The van der Waals surface area contributed by atoms with Gasteiger partial charge >= 0.3 is 0 Å². The molecule has 0 radical (unpaired) electrons. The lowest BCUT2D eigenvalue weighted by Gasteiger charge is -2.16. The van der Waals surface area contributed by atoms with E-state index in [1.807, 2.05) is 38.1 Å². The Bertz CT molecular complexity index is 905. The molecule has 6 nitrogen and oxygen atoms in total. The molecule has 0 aromatic heterocycles. The van der Waals surface area contributed by atoms with Crippen LogP contribution >= 0.6 is 0 Å². The van der Waals surface area contributed by atoms with Crippen molar-refractivity contribution in [2.45, 2.75) is 13.8 Å². The standard InChI is InChI=1S/C21H22N2O4/c1-14-5-4-6-17(15(14)2)22-20(24)12-23(3)21(25)10-8-16-7-9-18-19(11-16)27-13-26-18/h4-11H,12-13H2,1-3H3,(H,22,24)/b10-8+. The summed E-state index contributed by atoms with van der Waals surface area (Å²) >= 11 is 0. The maximum absolute atomic E-state index is 12.3. The Labute approximate surface area is 158 Å². The summed E-state index contributed by atoms with van der Waals surface area (Å²) in [5.41, 5.74) is 3.70. The van der Waals surface area contributed by atoms with Gasteiger partial charge in [0.05, 0.1) is 6.54 Å². The maximum atomic E-state index is 12.3. The van der Waals surface area contributed by atoms with Crippen LogP contribution in [0.25, 0.3) is 6.08 Å². The zero-order valence-corrected chi connectivity index (χ0v) is 15.6. The lowest BCUT2D eigenvalue weighted by atomic mass is 10.1. The Morgan fingerprint density at radius 3 is 2.74 bits per heavy atom. The summed E-state index contributed by atoms with van der Waals surface area (Å²) in [6, 6.07) is 11.2. The van der Waals surface area contributed by atoms with Gasteiger partial charge in [0, 0.05) is 18.8 Å². The molecule has 2 aromatic rings. The SMILES string of the molecule is Cc1cccc(NC(=O)CN(C)C(=O)/C=C/c2ccc3c(c2)OCO3)c1C. The van der Waals surface area contributed by atoms with Crippen LogP contribution in [0.3, 0.4) is 0 Å². The number of nitrogens with one attached hydrogen (secondary N) is 1. The minimum Gasteiger partial charge on any atom is -0.454 e. The van der Waals surface area contributed by atoms with E-state index < -0.39 is 0 Å². The Hall–Kier alpha value is -3.28. The molecular formula is C21H22N2O4. The number of ether oxygens (including phenoxy) is 2. The molecule has 140 valence electrons. The van der Waals surface area contributed by atoms with Crippen molar-refractivity contribution in [2.24, 2.45) is 0 Å². The third-order valence-corrected chi connectivity index (χ3v) is 4.45. The molecule has 1 heterocycles. The topological polar surface area (TPSA) is 67.9 Å². The highest BCUT2D eigenvalue weighted by Gasteiger charge is 2.14. The first-order valence-corrected chi connectivity index (χ1v) is 8.63. The fourth-order valence-electron chi connectivity index (χ4n) is 2.68. The van der Waals surface area contributed by atoms with Crippen LogP contribution in [0.1, 0.15) is 16.7 Å². The van der Waals surface area contributed by atoms with Gasteiger partial charge in [-0.05, 0) is 54.8 Å². The van der Waals surface area contributed by atoms with Crippen molar-refractivity contribution in [2.75, 3.05) is 25.7 Å². The number of carbonyl (C=O) groups is 2. The molecule has 0 spiro atoms. The molecule has 1 aliphatic heterocycles. The number of hydrogen-bond donors (Lipinski definition) is 1. The normalized spacial score (nSPS) is 12.3. The minimum atomic E-state index is -0.260. The molecule has 0 fully saturated rings. The fraction of sp³-hybridized carbons (Fsp3) is 0.238. The zero-order chi connectivity index (χ0) is 19.4. The van der Waals surface area contributed by atoms with Gasteiger partial charge in [-0.3, -0.25) is 9.59 Å². The van der Waals surface area contributed by atoms with Gasteiger partial charge in [-0.1, -0.05) is 18.2 Å². The average Bonchev–Trinajstić information content (AvgIpc) is 3.11. The van der Waals surface area contributed by atoms with Crippen LogP contribution in [0.2, 0.25) is 0 Å². The molecule has 0 unspecified atom stereocenters. The van der Waals surface area contributed by atoms with Crippen molar-refractivity contribution in [3.05, 3.63) is 59.2 Å². The van der Waals surface area contributed by atoms with Gasteiger partial charge in [0.2, 0.25) is 18.6 Å². The monoisotopic (exact) mass is 366 g/mol. The van der Waals surface area contributed by atoms with Crippen molar-refractivity contribution < 1.29 is 19.1 Å². The minimum absolute atomic E-state index is 0.0301. The molecule has 0 saturated heterocycles. The molecule has 0 bridgehead atoms. The first kappa shape index (κ1) is 18.5. The van der Waals surface area contributed by atoms with E-state index in [1.165, 1.54) is 11.0 Å². The van der Waals surface area contributed by atoms with E-state index in [9.17, 15) is 9.59 Å². The number of likely N-dealkylation sites (N-methyl/N-ethyl adjacent to an activating group) is 1. The van der Waals surface area contributed by atoms with E-state index >= 15 is 0 Å². The van der Waals surface area contributed by atoms with E-state index in [0.717, 1.165) is 22.4 Å². The highest BCUT2D eigenvalue weighted by molar-refractivity contribution is 5.98. The number of benzene rings is 2. The summed E-state index contributed by atoms with van der Waals surface area (Å²) in [6.45, 7) is 4.12. The van der Waals surface area contributed by atoms with Gasteiger partial charge in [0.1, 0.15) is 0 Å². The number of aryl methyl sites for hydroxylation is 1. The van der Waals surface area contributed by atoms with Crippen LogP contribution in [0, 0.1) is 13.8 Å². The van der Waals surface area contributed by atoms with Crippen LogP contribution in [-0.2, 0) is 9.59 Å². The number of amides is 2. The van der Waals surface area contributed by atoms with Gasteiger partial charge in [-0.25, -0.2) is 0 Å². The van der Waals surface area contributed by atoms with Crippen molar-refractivity contribution in [3.63, 3.8) is 0 Å². The number of hydrogen-bond acceptors (Lipinski definition) is 4. The lowest BCUT2D eigenvalue weighted by Crippen LogP contribution is -2.34. The molecule has 6 heteroatoms. The highest BCUT2D eigenvalue weighted by atomic mass is 16.7. The van der Waals surface area contributed by atoms with Gasteiger partial charge in [0.25, 0.3) is 0 Å². The van der Waals surface area contributed by atoms with Crippen molar-refractivity contribution in [1.29, 1.82) is 0 Å². The largest absolute Gasteiger partial charge is 0.454 e. The summed E-state index contributed by atoms with van der Waals surface area (Å²) in [5.74, 6) is 0.851. The molecule has 3 rings (SSSR count). The highest BCUT2D eigenvalue weighted by Crippen LogP contribution is 2.32. The van der Waals surface area contributed by atoms with E-state index in [2.05, 4.69) is 5.32 Å². The first-order valence-electron chi connectivity index (χ1n) is 8.63. The molecule has 0 aliphatic carbocycles. The van der Waals surface area contributed by atoms with E-state index in [-0.39, 0.29) is 25.2 Å². The summed E-state index contributed by atoms with van der Waals surface area (Å²) in [5, 5.41) is 2.85. The predicted octanol–water partition coefficient (Wildman–Crippen LogP) is 3.14. The Kier molecular flexibility index (Phi) is 5.45. The quantitative estimate of drug-likeness (QED) is 0.826. The molecule has 1 N–H and O–H groups in total. The van der Waals surface area contributed by atoms with Gasteiger partial charge in [-0.15, -0.1) is 0 Å². The van der Waals surface area contributed by atoms with Crippen LogP contribution < -0.4 is 14.8 Å². The lowest BCUT2D eigenvalue weighted by molar-refractivity contribution is -0.129. The molecular weight excluding hydrogens is 344 g/mol. The number of anilines is 1. The van der Waals surface area contributed by atoms with Crippen LogP contribution in [-0.4, -0.2) is 37.1 Å². The Morgan fingerprint density at radius 2 is 1.93 bits per heavy atom. The third kappa shape index (κ3) is 4.47. The smallest absolute Gasteiger partial charge is 0.246 e. The van der Waals surface area contributed by atoms with Gasteiger partial charge in [0.15, 0.2) is 11.5 Å². The fourth-order valence-corrected chi connectivity index (χ4v) is 2.68. The van der Waals surface area contributed by atoms with Crippen molar-refractivity contribution in [3.8, 4) is 11.5 Å². The number of nitrogens with zero attached hydrogens (tertiary/aromatic N) is 1. The van der Waals surface area contributed by atoms with Gasteiger partial charge < -0.3 is 19.7 Å². The second-order valence-electron chi connectivity index (χ2n) is 6.44. The number of carbonyl (C=O) groups excluding carboxylic acids is 2. The number of fused-ring (bicyclic) bond motifs is 1. The van der Waals surface area contributed by atoms with E-state index in [1.54, 1.807) is 25.3 Å². The van der Waals surface area contributed by atoms with Crippen LogP contribution in [0.15, 0.2) is 42.5 Å². The Morgan fingerprint density at radius 1 is 1.15 bits per heavy atom. The van der Waals surface area contributed by atoms with Crippen molar-refractivity contribution in [1.82, 2.24) is 4.90 Å². The molecule has 2 aromatic carbocycles. The summed E-state index contributed by atoms with van der Waals surface area (Å²) < 4.78 is 10.6. The maximum Gasteiger partial charge on any atom is 0.246 e. The van der Waals surface area contributed by atoms with Crippen molar-refractivity contribution >= 4 is 23.6 Å². The second-order valence-corrected chi connectivity index (χ2v) is 6.44. The molecule has 0 atom stereocenters. The average molecular weight is 366 g/mol. The van der Waals surface area contributed by atoms with E-state index in [4.69, 9.17) is 9.47 Å². The molecule has 0 saturated carbocycles. The third-order valence-electron chi connectivity index (χ3n) is 4.45. The summed E-state index contributed by atoms with van der Waals surface area (Å²) in [7, 11) is 1.59. The first-order chi connectivity index (χ1) is 12.9. The molecule has 1 aliphatic rings. The van der Waals surface area contributed by atoms with E-state index in [0.29, 0.717) is 11.5 Å². The Balaban J connectivity index is 1.57. The summed E-state index contributed by atoms with van der Waals surface area (Å²) in [6.07, 6.45) is 3.12.